The molecule has 27 heavy (non-hydrogen) atoms. The van der Waals surface area contributed by atoms with Gasteiger partial charge in [0.05, 0.1) is 10.5 Å². The maximum atomic E-state index is 12.9. The molecule has 1 aliphatic heterocycles. The van der Waals surface area contributed by atoms with Gasteiger partial charge in [-0.2, -0.15) is 17.5 Å². The molecule has 1 heterocycles. The molecule has 2 aromatic rings. The Morgan fingerprint density at radius 3 is 2.33 bits per heavy atom. The molecule has 0 bridgehead atoms. The Labute approximate surface area is 154 Å². The predicted octanol–water partition coefficient (Wildman–Crippen LogP) is 2.35. The van der Waals surface area contributed by atoms with Crippen molar-refractivity contribution in [2.75, 3.05) is 13.1 Å². The minimum Gasteiger partial charge on any atom is -0.388 e. The molecule has 2 N–H and O–H groups in total. The van der Waals surface area contributed by atoms with Crippen LogP contribution in [0.15, 0.2) is 59.5 Å². The minimum absolute atomic E-state index is 0.0432. The van der Waals surface area contributed by atoms with E-state index in [0.29, 0.717) is 0 Å². The van der Waals surface area contributed by atoms with Crippen LogP contribution in [0.4, 0.5) is 13.2 Å². The average molecular weight is 401 g/mol. The molecule has 0 radical (unpaired) electrons. The first-order valence-electron chi connectivity index (χ1n) is 8.18. The molecular formula is C18H18F3NO4S. The lowest BCUT2D eigenvalue weighted by molar-refractivity contribution is -0.138. The number of aliphatic hydroxyl groups excluding tert-OH is 1. The summed E-state index contributed by atoms with van der Waals surface area (Å²) in [4.78, 5) is 0.0432. The molecule has 146 valence electrons. The first kappa shape index (κ1) is 19.8. The fourth-order valence-electron chi connectivity index (χ4n) is 3.16. The average Bonchev–Trinajstić information content (AvgIpc) is 2.64. The molecule has 0 aromatic heterocycles. The molecule has 0 amide bonds. The largest absolute Gasteiger partial charge is 0.416 e. The molecule has 0 saturated carbocycles. The van der Waals surface area contributed by atoms with Crippen LogP contribution in [0.3, 0.4) is 0 Å². The van der Waals surface area contributed by atoms with Gasteiger partial charge >= 0.3 is 6.18 Å². The molecule has 0 aliphatic carbocycles. The third-order valence-corrected chi connectivity index (χ3v) is 6.62. The number of rotatable bonds is 3. The van der Waals surface area contributed by atoms with Crippen molar-refractivity contribution in [3.63, 3.8) is 0 Å². The molecule has 1 fully saturated rings. The molecule has 1 aliphatic rings. The van der Waals surface area contributed by atoms with Crippen LogP contribution >= 0.6 is 0 Å². The number of sulfonamides is 1. The van der Waals surface area contributed by atoms with Crippen LogP contribution in [-0.2, 0) is 21.8 Å². The monoisotopic (exact) mass is 401 g/mol. The summed E-state index contributed by atoms with van der Waals surface area (Å²) in [6.45, 7) is -0.564. The van der Waals surface area contributed by atoms with Crippen molar-refractivity contribution in [1.82, 2.24) is 4.31 Å². The highest BCUT2D eigenvalue weighted by Crippen LogP contribution is 2.38. The highest BCUT2D eigenvalue weighted by molar-refractivity contribution is 7.89. The topological polar surface area (TPSA) is 77.8 Å². The van der Waals surface area contributed by atoms with Crippen LogP contribution in [0.2, 0.25) is 0 Å². The third-order valence-electron chi connectivity index (χ3n) is 4.74. The molecule has 5 nitrogen and oxygen atoms in total. The van der Waals surface area contributed by atoms with Crippen molar-refractivity contribution >= 4 is 10.0 Å². The zero-order valence-corrected chi connectivity index (χ0v) is 14.9. The lowest BCUT2D eigenvalue weighted by atomic mass is 9.82. The summed E-state index contributed by atoms with van der Waals surface area (Å²) in [5.41, 5.74) is -3.01. The van der Waals surface area contributed by atoms with Crippen LogP contribution in [-0.4, -0.2) is 42.1 Å². The Kier molecular flexibility index (Phi) is 5.06. The third kappa shape index (κ3) is 3.73. The molecule has 3 rings (SSSR count). The molecule has 0 spiro atoms. The summed E-state index contributed by atoms with van der Waals surface area (Å²) in [7, 11) is -3.88. The zero-order valence-electron chi connectivity index (χ0n) is 14.1. The highest BCUT2D eigenvalue weighted by atomic mass is 32.2. The number of β-amino-alcohol motifs (C(OH)–C–C–N with tert-alkyl or cyclic N) is 1. The Morgan fingerprint density at radius 2 is 1.74 bits per heavy atom. The van der Waals surface area contributed by atoms with E-state index in [0.717, 1.165) is 22.5 Å². The molecule has 1 saturated heterocycles. The first-order chi connectivity index (χ1) is 12.5. The quantitative estimate of drug-likeness (QED) is 0.828. The number of piperidine rings is 1. The van der Waals surface area contributed by atoms with Gasteiger partial charge < -0.3 is 10.2 Å². The van der Waals surface area contributed by atoms with Crippen LogP contribution in [0.25, 0.3) is 0 Å². The van der Waals surface area contributed by atoms with Gasteiger partial charge in [-0.3, -0.25) is 0 Å². The van der Waals surface area contributed by atoms with Crippen molar-refractivity contribution in [1.29, 1.82) is 0 Å². The smallest absolute Gasteiger partial charge is 0.388 e. The fraction of sp³-hybridized carbons (Fsp3) is 0.333. The van der Waals surface area contributed by atoms with Gasteiger partial charge in [0, 0.05) is 13.1 Å². The Morgan fingerprint density at radius 1 is 1.07 bits per heavy atom. The number of hydrogen-bond acceptors (Lipinski definition) is 4. The SMILES string of the molecule is O=S(=O)(c1ccccc1)N1CC[C@@](O)(c2cccc(C(F)(F)F)c2)[C@@H](O)C1. The van der Waals surface area contributed by atoms with Gasteiger partial charge in [0.25, 0.3) is 0 Å². The summed E-state index contributed by atoms with van der Waals surface area (Å²) in [5, 5.41) is 21.2. The van der Waals surface area contributed by atoms with E-state index in [1.807, 2.05) is 0 Å². The normalized spacial score (nSPS) is 24.7. The Balaban J connectivity index is 1.87. The van der Waals surface area contributed by atoms with E-state index in [-0.39, 0.29) is 23.4 Å². The second-order valence-electron chi connectivity index (χ2n) is 6.44. The molecular weight excluding hydrogens is 383 g/mol. The maximum absolute atomic E-state index is 12.9. The van der Waals surface area contributed by atoms with Gasteiger partial charge in [0.15, 0.2) is 0 Å². The predicted molar refractivity (Wildman–Crippen MR) is 91.2 cm³/mol. The van der Waals surface area contributed by atoms with E-state index in [4.69, 9.17) is 0 Å². The summed E-state index contributed by atoms with van der Waals surface area (Å²) in [6.07, 6.45) is -6.40. The van der Waals surface area contributed by atoms with Crippen LogP contribution in [0.5, 0.6) is 0 Å². The van der Waals surface area contributed by atoms with Crippen LogP contribution < -0.4 is 0 Å². The summed E-state index contributed by atoms with van der Waals surface area (Å²) in [5.74, 6) is 0. The fourth-order valence-corrected chi connectivity index (χ4v) is 4.63. The number of aliphatic hydroxyl groups is 2. The molecule has 2 aromatic carbocycles. The Hall–Kier alpha value is -1.94. The van der Waals surface area contributed by atoms with Crippen molar-refractivity contribution in [2.45, 2.75) is 29.2 Å². The highest BCUT2D eigenvalue weighted by Gasteiger charge is 2.46. The van der Waals surface area contributed by atoms with Crippen molar-refractivity contribution in [2.24, 2.45) is 0 Å². The van der Waals surface area contributed by atoms with Crippen LogP contribution in [0, 0.1) is 0 Å². The van der Waals surface area contributed by atoms with E-state index in [9.17, 15) is 31.8 Å². The second-order valence-corrected chi connectivity index (χ2v) is 8.38. The van der Waals surface area contributed by atoms with Gasteiger partial charge in [-0.25, -0.2) is 8.42 Å². The second kappa shape index (κ2) is 6.90. The van der Waals surface area contributed by atoms with E-state index >= 15 is 0 Å². The molecule has 9 heteroatoms. The number of nitrogens with zero attached hydrogens (tertiary/aromatic N) is 1. The Bertz CT molecular complexity index is 918. The van der Waals surface area contributed by atoms with E-state index in [2.05, 4.69) is 0 Å². The van der Waals surface area contributed by atoms with E-state index in [1.165, 1.54) is 18.2 Å². The van der Waals surface area contributed by atoms with Gasteiger partial charge in [-0.15, -0.1) is 0 Å². The van der Waals surface area contributed by atoms with Crippen molar-refractivity contribution < 1.29 is 31.8 Å². The molecule has 2 atom stereocenters. The molecule has 0 unspecified atom stereocenters. The van der Waals surface area contributed by atoms with E-state index in [1.54, 1.807) is 18.2 Å². The summed E-state index contributed by atoms with van der Waals surface area (Å²) in [6, 6.07) is 11.7. The van der Waals surface area contributed by atoms with Gasteiger partial charge in [-0.1, -0.05) is 30.3 Å². The zero-order chi connectivity index (χ0) is 19.9. The number of alkyl halides is 3. The van der Waals surface area contributed by atoms with Gasteiger partial charge in [0.1, 0.15) is 11.7 Å². The van der Waals surface area contributed by atoms with Gasteiger partial charge in [0.2, 0.25) is 10.0 Å². The van der Waals surface area contributed by atoms with Crippen molar-refractivity contribution in [3.8, 4) is 0 Å². The summed E-state index contributed by atoms with van der Waals surface area (Å²) < 4.78 is 65.1. The van der Waals surface area contributed by atoms with Crippen LogP contribution in [0.1, 0.15) is 17.5 Å². The first-order valence-corrected chi connectivity index (χ1v) is 9.62. The number of benzene rings is 2. The maximum Gasteiger partial charge on any atom is 0.416 e. The van der Waals surface area contributed by atoms with Gasteiger partial charge in [-0.05, 0) is 36.2 Å². The van der Waals surface area contributed by atoms with Crippen molar-refractivity contribution in [3.05, 3.63) is 65.7 Å². The number of hydrogen-bond donors (Lipinski definition) is 2. The lowest BCUT2D eigenvalue weighted by Gasteiger charge is -2.41. The minimum atomic E-state index is -4.59. The standard InChI is InChI=1S/C18H18F3NO4S/c19-18(20,21)14-6-4-5-13(11-14)17(24)9-10-22(12-16(17)23)27(25,26)15-7-2-1-3-8-15/h1-8,11,16,23-24H,9-10,12H2/t16-,17+/m0/s1. The lowest BCUT2D eigenvalue weighted by Crippen LogP contribution is -2.54. The van der Waals surface area contributed by atoms with E-state index < -0.39 is 40.0 Å². The number of halogens is 3. The summed E-state index contributed by atoms with van der Waals surface area (Å²) >= 11 is 0.